The van der Waals surface area contributed by atoms with E-state index in [4.69, 9.17) is 21.1 Å². The number of hydrogen-bond donors (Lipinski definition) is 2. The lowest BCUT2D eigenvalue weighted by atomic mass is 10.2. The number of amides is 2. The Balaban J connectivity index is 1.81. The molecule has 0 saturated heterocycles. The van der Waals surface area contributed by atoms with Gasteiger partial charge in [0.2, 0.25) is 0 Å². The van der Waals surface area contributed by atoms with Gasteiger partial charge in [0.15, 0.2) is 18.5 Å². The predicted molar refractivity (Wildman–Crippen MR) is 101 cm³/mol. The maximum absolute atomic E-state index is 12.0. The topological polar surface area (TPSA) is 120 Å². The predicted octanol–water partition coefficient (Wildman–Crippen LogP) is 2.55. The smallest absolute Gasteiger partial charge is 0.310 e. The molecule has 0 saturated carbocycles. The van der Waals surface area contributed by atoms with Crippen LogP contribution in [0.15, 0.2) is 42.5 Å². The molecule has 0 fully saturated rings. The summed E-state index contributed by atoms with van der Waals surface area (Å²) in [5.74, 6) is -0.882. The molecule has 2 N–H and O–H groups in total. The molecule has 2 rings (SSSR count). The highest BCUT2D eigenvalue weighted by Crippen LogP contribution is 2.26. The molecule has 0 aliphatic carbocycles. The largest absolute Gasteiger partial charge is 0.484 e. The monoisotopic (exact) mass is 407 g/mol. The third kappa shape index (κ3) is 5.85. The Morgan fingerprint density at radius 3 is 2.61 bits per heavy atom. The first-order valence-corrected chi connectivity index (χ1v) is 8.53. The molecule has 2 aromatic carbocycles. The van der Waals surface area contributed by atoms with E-state index in [1.54, 1.807) is 31.2 Å². The third-order valence-corrected chi connectivity index (χ3v) is 3.98. The highest BCUT2D eigenvalue weighted by atomic mass is 35.5. The van der Waals surface area contributed by atoms with Crippen LogP contribution in [-0.4, -0.2) is 29.4 Å². The number of carbonyl (C=O) groups excluding carboxylic acids is 2. The van der Waals surface area contributed by atoms with Gasteiger partial charge in [-0.05, 0) is 43.7 Å². The molecule has 2 aromatic rings. The van der Waals surface area contributed by atoms with Gasteiger partial charge in [-0.25, -0.2) is 0 Å². The van der Waals surface area contributed by atoms with Gasteiger partial charge >= 0.3 is 5.69 Å². The fraction of sp³-hybridized carbons (Fsp3) is 0.222. The van der Waals surface area contributed by atoms with Crippen LogP contribution in [-0.2, 0) is 9.59 Å². The Kier molecular flexibility index (Phi) is 7.16. The van der Waals surface area contributed by atoms with Crippen LogP contribution in [0.3, 0.4) is 0 Å². The number of hydrazine groups is 1. The molecule has 0 aliphatic rings. The summed E-state index contributed by atoms with van der Waals surface area (Å²) in [6, 6.07) is 10.6. The standard InChI is InChI=1S/C18H18ClN3O6/c1-11-9-13(7-8-14(11)19)27-10-17(23)20-21-18(24)12(2)28-16-6-4-3-5-15(16)22(25)26/h3-9,12H,10H2,1-2H3,(H,20,23)(H,21,24)/t12-/m0/s1. The fourth-order valence-electron chi connectivity index (χ4n) is 2.08. The van der Waals surface area contributed by atoms with Crippen molar-refractivity contribution in [2.45, 2.75) is 20.0 Å². The minimum absolute atomic E-state index is 0.0529. The number of rotatable bonds is 7. The third-order valence-electron chi connectivity index (χ3n) is 3.56. The van der Waals surface area contributed by atoms with Crippen LogP contribution in [0.4, 0.5) is 5.69 Å². The van der Waals surface area contributed by atoms with Crippen molar-refractivity contribution in [2.75, 3.05) is 6.61 Å². The van der Waals surface area contributed by atoms with Crippen molar-refractivity contribution in [1.29, 1.82) is 0 Å². The minimum Gasteiger partial charge on any atom is -0.484 e. The van der Waals surface area contributed by atoms with Crippen molar-refractivity contribution >= 4 is 29.1 Å². The van der Waals surface area contributed by atoms with Crippen molar-refractivity contribution in [1.82, 2.24) is 10.9 Å². The summed E-state index contributed by atoms with van der Waals surface area (Å²) in [7, 11) is 0. The Hall–Kier alpha value is -3.33. The van der Waals surface area contributed by atoms with E-state index in [1.807, 2.05) is 0 Å². The number of benzene rings is 2. The summed E-state index contributed by atoms with van der Waals surface area (Å²) in [6.07, 6.45) is -1.08. The lowest BCUT2D eigenvalue weighted by Gasteiger charge is -2.15. The molecule has 0 unspecified atom stereocenters. The average molecular weight is 408 g/mol. The summed E-state index contributed by atoms with van der Waals surface area (Å²) in [5.41, 5.74) is 4.89. The molecule has 0 aliphatic heterocycles. The molecule has 0 heterocycles. The van der Waals surface area contributed by atoms with Crippen LogP contribution >= 0.6 is 11.6 Å². The molecule has 0 aromatic heterocycles. The first kappa shape index (κ1) is 21.0. The Bertz CT molecular complexity index is 889. The first-order chi connectivity index (χ1) is 13.3. The van der Waals surface area contributed by atoms with Gasteiger partial charge in [0.1, 0.15) is 5.75 Å². The zero-order chi connectivity index (χ0) is 20.7. The van der Waals surface area contributed by atoms with E-state index in [0.29, 0.717) is 10.8 Å². The van der Waals surface area contributed by atoms with E-state index >= 15 is 0 Å². The van der Waals surface area contributed by atoms with E-state index in [9.17, 15) is 19.7 Å². The van der Waals surface area contributed by atoms with Crippen LogP contribution in [0.25, 0.3) is 0 Å². The SMILES string of the molecule is Cc1cc(OCC(=O)NNC(=O)[C@H](C)Oc2ccccc2[N+](=O)[O-])ccc1Cl. The van der Waals surface area contributed by atoms with Gasteiger partial charge in [0, 0.05) is 11.1 Å². The van der Waals surface area contributed by atoms with Crippen molar-refractivity contribution < 1.29 is 24.0 Å². The maximum Gasteiger partial charge on any atom is 0.310 e. The minimum atomic E-state index is -1.08. The highest BCUT2D eigenvalue weighted by molar-refractivity contribution is 6.31. The second-order valence-corrected chi connectivity index (χ2v) is 6.13. The molecule has 0 spiro atoms. The first-order valence-electron chi connectivity index (χ1n) is 8.15. The summed E-state index contributed by atoms with van der Waals surface area (Å²) >= 11 is 5.91. The fourth-order valence-corrected chi connectivity index (χ4v) is 2.19. The van der Waals surface area contributed by atoms with Crippen molar-refractivity contribution in [2.24, 2.45) is 0 Å². The summed E-state index contributed by atoms with van der Waals surface area (Å²) in [4.78, 5) is 34.2. The lowest BCUT2D eigenvalue weighted by molar-refractivity contribution is -0.386. The van der Waals surface area contributed by atoms with Gasteiger partial charge in [0.05, 0.1) is 4.92 Å². The van der Waals surface area contributed by atoms with Gasteiger partial charge < -0.3 is 9.47 Å². The molecule has 148 valence electrons. The highest BCUT2D eigenvalue weighted by Gasteiger charge is 2.21. The van der Waals surface area contributed by atoms with Gasteiger partial charge in [0.25, 0.3) is 11.8 Å². The zero-order valence-electron chi connectivity index (χ0n) is 15.1. The summed E-state index contributed by atoms with van der Waals surface area (Å²) < 4.78 is 10.6. The second kappa shape index (κ2) is 9.56. The molecule has 1 atom stereocenters. The van der Waals surface area contributed by atoms with Crippen molar-refractivity contribution in [3.05, 3.63) is 63.2 Å². The molecule has 10 heteroatoms. The lowest BCUT2D eigenvalue weighted by Crippen LogP contribution is -2.48. The van der Waals surface area contributed by atoms with E-state index < -0.39 is 22.8 Å². The number of nitro benzene ring substituents is 1. The summed E-state index contributed by atoms with van der Waals surface area (Å²) in [5, 5.41) is 11.5. The molecular weight excluding hydrogens is 390 g/mol. The van der Waals surface area contributed by atoms with Crippen molar-refractivity contribution in [3.8, 4) is 11.5 Å². The molecular formula is C18H18ClN3O6. The number of nitro groups is 1. The van der Waals surface area contributed by atoms with E-state index in [1.165, 1.54) is 25.1 Å². The number of ether oxygens (including phenoxy) is 2. The van der Waals surface area contributed by atoms with Gasteiger partial charge in [-0.1, -0.05) is 23.7 Å². The number of halogens is 1. The van der Waals surface area contributed by atoms with E-state index in [-0.39, 0.29) is 18.0 Å². The molecule has 2 amide bonds. The van der Waals surface area contributed by atoms with Crippen LogP contribution in [0, 0.1) is 17.0 Å². The normalized spacial score (nSPS) is 11.2. The Labute approximate surface area is 165 Å². The molecule has 0 radical (unpaired) electrons. The van der Waals surface area contributed by atoms with Gasteiger partial charge in [-0.15, -0.1) is 0 Å². The Morgan fingerprint density at radius 2 is 1.93 bits per heavy atom. The van der Waals surface area contributed by atoms with E-state index in [0.717, 1.165) is 5.56 Å². The number of para-hydroxylation sites is 2. The number of carbonyl (C=O) groups is 2. The van der Waals surface area contributed by atoms with Crippen LogP contribution in [0.1, 0.15) is 12.5 Å². The van der Waals surface area contributed by atoms with Gasteiger partial charge in [-0.3, -0.25) is 30.6 Å². The molecule has 28 heavy (non-hydrogen) atoms. The van der Waals surface area contributed by atoms with Crippen LogP contribution in [0.2, 0.25) is 5.02 Å². The number of nitrogens with one attached hydrogen (secondary N) is 2. The van der Waals surface area contributed by atoms with Crippen LogP contribution < -0.4 is 20.3 Å². The Morgan fingerprint density at radius 1 is 1.21 bits per heavy atom. The number of aryl methyl sites for hydroxylation is 1. The van der Waals surface area contributed by atoms with Crippen molar-refractivity contribution in [3.63, 3.8) is 0 Å². The average Bonchev–Trinajstić information content (AvgIpc) is 2.67. The second-order valence-electron chi connectivity index (χ2n) is 5.72. The summed E-state index contributed by atoms with van der Waals surface area (Å²) in [6.45, 7) is 2.86. The van der Waals surface area contributed by atoms with E-state index in [2.05, 4.69) is 10.9 Å². The van der Waals surface area contributed by atoms with Gasteiger partial charge in [-0.2, -0.15) is 0 Å². The quantitative estimate of drug-likeness (QED) is 0.537. The molecule has 9 nitrogen and oxygen atoms in total. The molecule has 0 bridgehead atoms. The zero-order valence-corrected chi connectivity index (χ0v) is 15.9. The maximum atomic E-state index is 12.0. The van der Waals surface area contributed by atoms with Crippen LogP contribution in [0.5, 0.6) is 11.5 Å². The number of hydrogen-bond acceptors (Lipinski definition) is 6. The number of nitrogens with zero attached hydrogens (tertiary/aromatic N) is 1.